The minimum atomic E-state index is 0. The van der Waals surface area contributed by atoms with Crippen LogP contribution >= 0.6 is 0 Å². The van der Waals surface area contributed by atoms with Crippen molar-refractivity contribution in [2.75, 3.05) is 0 Å². The van der Waals surface area contributed by atoms with Gasteiger partial charge in [0.15, 0.2) is 0 Å². The van der Waals surface area contributed by atoms with Crippen LogP contribution in [0.4, 0.5) is 0 Å². The molecule has 0 aliphatic rings. The average molecular weight is 179 g/mol. The zero-order chi connectivity index (χ0) is 4.00. The fourth-order valence-electron chi connectivity index (χ4n) is 0. The smallest absolute Gasteiger partial charge is 0.512 e. The summed E-state index contributed by atoms with van der Waals surface area (Å²) < 4.78 is 0. The van der Waals surface area contributed by atoms with E-state index in [0.29, 0.717) is 0 Å². The Morgan fingerprint density at radius 2 is 0.833 bits per heavy atom. The van der Waals surface area contributed by atoms with Crippen LogP contribution in [0.1, 0.15) is 0 Å². The normalized spacial score (nSPS) is 0.667. The molecule has 0 fully saturated rings. The summed E-state index contributed by atoms with van der Waals surface area (Å²) in [5.74, 6) is 0. The van der Waals surface area contributed by atoms with Crippen molar-refractivity contribution in [1.29, 1.82) is 10.5 Å². The van der Waals surface area contributed by atoms with Crippen molar-refractivity contribution in [2.45, 2.75) is 0 Å². The van der Waals surface area contributed by atoms with E-state index in [4.69, 9.17) is 23.7 Å². The first-order chi connectivity index (χ1) is 2.00. The van der Waals surface area contributed by atoms with Crippen molar-refractivity contribution in [3.8, 4) is 0 Å². The third kappa shape index (κ3) is 102000. The van der Waals surface area contributed by atoms with Gasteiger partial charge in [-0.05, 0) is 0 Å². The molecule has 0 atom stereocenters. The first kappa shape index (κ1) is 37.2. The van der Waals surface area contributed by atoms with E-state index in [1.165, 1.54) is 0 Å². The molecule has 0 unspecified atom stereocenters. The number of rotatable bonds is 0. The Bertz CT molecular complexity index is 25.0. The van der Waals surface area contributed by atoms with E-state index >= 15 is 0 Å². The molecule has 0 N–H and O–H groups in total. The van der Waals surface area contributed by atoms with Crippen molar-refractivity contribution in [2.24, 2.45) is 0 Å². The Morgan fingerprint density at radius 1 is 0.833 bits per heavy atom. The molecule has 6 heavy (non-hydrogen) atoms. The molecule has 0 bridgehead atoms. The minimum absolute atomic E-state index is 0. The van der Waals surface area contributed by atoms with Gasteiger partial charge in [0.25, 0.3) is 0 Å². The molecule has 0 saturated heterocycles. The van der Waals surface area contributed by atoms with Gasteiger partial charge >= 0.3 is 34.1 Å². The first-order valence-electron chi connectivity index (χ1n) is 0.447. The predicted octanol–water partition coefficient (Wildman–Crippen LogP) is 0.188. The van der Waals surface area contributed by atoms with Gasteiger partial charge in [-0.15, -0.1) is 0 Å². The molecule has 1 radical (unpaired) electrons. The van der Waals surface area contributed by atoms with Crippen LogP contribution in [0.25, 0.3) is 0 Å². The Morgan fingerprint density at radius 3 is 0.833 bits per heavy atom. The number of hydrogen-bond donors (Lipinski definition) is 0. The van der Waals surface area contributed by atoms with Gasteiger partial charge in [-0.3, -0.25) is 0 Å². The maximum Gasteiger partial charge on any atom is 2.00 e. The van der Waals surface area contributed by atoms with Gasteiger partial charge < -0.3 is 23.7 Å². The third-order valence-electron chi connectivity index (χ3n) is 0. The summed E-state index contributed by atoms with van der Waals surface area (Å²) in [5.41, 5.74) is 0. The molecule has 2 nitrogen and oxygen atoms in total. The van der Waals surface area contributed by atoms with E-state index in [1.54, 1.807) is 0 Å². The van der Waals surface area contributed by atoms with Crippen molar-refractivity contribution in [1.82, 2.24) is 0 Å². The van der Waals surface area contributed by atoms with Crippen LogP contribution in [0.3, 0.4) is 0 Å². The third-order valence-corrected chi connectivity index (χ3v) is 0. The molecule has 0 spiro atoms. The molecule has 0 heterocycles. The average Bonchev–Trinajstić information content (AvgIpc) is 1.50. The van der Waals surface area contributed by atoms with Crippen molar-refractivity contribution < 1.29 is 34.1 Å². The first-order valence-corrected chi connectivity index (χ1v) is 0.447. The summed E-state index contributed by atoms with van der Waals surface area (Å²) in [7, 11) is 0. The molecule has 0 aliphatic heterocycles. The topological polar surface area (TPSA) is 47.6 Å². The Hall–Kier alpha value is 0.0190. The van der Waals surface area contributed by atoms with Crippen LogP contribution in [0.5, 0.6) is 0 Å². The van der Waals surface area contributed by atoms with Crippen LogP contribution in [0, 0.1) is 23.7 Å². The SMILES string of the molecule is [C-]#N.[C-]#N.[Cu+2].[Cu+]. The second kappa shape index (κ2) is 225000. The summed E-state index contributed by atoms with van der Waals surface area (Å²) in [6.07, 6.45) is 0. The summed E-state index contributed by atoms with van der Waals surface area (Å²) in [6, 6.07) is 0. The van der Waals surface area contributed by atoms with Gasteiger partial charge in [-0.2, -0.15) is 0 Å². The van der Waals surface area contributed by atoms with Gasteiger partial charge in [0.1, 0.15) is 0 Å². The molecule has 0 amide bonds. The van der Waals surface area contributed by atoms with Gasteiger partial charge in [-0.1, -0.05) is 0 Å². The Kier molecular flexibility index (Phi) is 1400000. The quantitative estimate of drug-likeness (QED) is 0.393. The van der Waals surface area contributed by atoms with E-state index in [0.717, 1.165) is 0 Å². The molecule has 0 rings (SSSR count). The molecule has 39 valence electrons. The molecule has 0 aliphatic carbocycles. The molecule has 0 aromatic heterocycles. The molecule has 4 heteroatoms. The van der Waals surface area contributed by atoms with Crippen LogP contribution in [-0.4, -0.2) is 0 Å². The van der Waals surface area contributed by atoms with E-state index in [-0.39, 0.29) is 34.1 Å². The van der Waals surface area contributed by atoms with Gasteiger partial charge in [0.2, 0.25) is 0 Å². The summed E-state index contributed by atoms with van der Waals surface area (Å²) >= 11 is 0. The van der Waals surface area contributed by atoms with Gasteiger partial charge in [0, 0.05) is 0 Å². The van der Waals surface area contributed by atoms with E-state index in [9.17, 15) is 0 Å². The molecule has 0 aromatic rings. The van der Waals surface area contributed by atoms with Gasteiger partial charge in [0.05, 0.1) is 0 Å². The largest absolute Gasteiger partial charge is 2.00 e. The zero-order valence-electron chi connectivity index (χ0n) is 2.50. The number of hydrogen-bond acceptors (Lipinski definition) is 2. The Labute approximate surface area is 58.1 Å². The van der Waals surface area contributed by atoms with E-state index in [2.05, 4.69) is 0 Å². The maximum absolute atomic E-state index is 6.25. The number of nitrogens with zero attached hydrogens (tertiary/aromatic N) is 2. The second-order valence-electron chi connectivity index (χ2n) is 0. The van der Waals surface area contributed by atoms with Crippen LogP contribution in [0.2, 0.25) is 0 Å². The monoisotopic (exact) mass is 178 g/mol. The van der Waals surface area contributed by atoms with E-state index < -0.39 is 0 Å². The van der Waals surface area contributed by atoms with Crippen molar-refractivity contribution in [3.05, 3.63) is 13.1 Å². The molecular weight excluding hydrogens is 179 g/mol. The summed E-state index contributed by atoms with van der Waals surface area (Å²) in [6.45, 7) is 9.50. The minimum Gasteiger partial charge on any atom is -0.512 e. The molecular formula is C2Cu2N2+. The van der Waals surface area contributed by atoms with Crippen molar-refractivity contribution >= 4 is 0 Å². The Balaban J connectivity index is -0.00000000500. The predicted molar refractivity (Wildman–Crippen MR) is 9.94 cm³/mol. The fraction of sp³-hybridized carbons (Fsp3) is 0. The zero-order valence-corrected chi connectivity index (χ0v) is 4.38. The van der Waals surface area contributed by atoms with Gasteiger partial charge in [-0.25, -0.2) is 0 Å². The standard InChI is InChI=1S/2CN.2Cu/c2*1-2;;/q2*-1;+1;+2. The fourth-order valence-corrected chi connectivity index (χ4v) is 0. The summed E-state index contributed by atoms with van der Waals surface area (Å²) in [5, 5.41) is 12.5. The van der Waals surface area contributed by atoms with Crippen molar-refractivity contribution in [3.63, 3.8) is 0 Å². The van der Waals surface area contributed by atoms with Crippen LogP contribution in [0.15, 0.2) is 0 Å². The molecule has 0 aromatic carbocycles. The summed E-state index contributed by atoms with van der Waals surface area (Å²) in [4.78, 5) is 0. The van der Waals surface area contributed by atoms with Crippen LogP contribution in [-0.2, 0) is 34.1 Å². The van der Waals surface area contributed by atoms with E-state index in [1.807, 2.05) is 0 Å². The molecule has 0 saturated carbocycles. The second-order valence-corrected chi connectivity index (χ2v) is 0. The maximum atomic E-state index is 6.25. The van der Waals surface area contributed by atoms with Crippen LogP contribution < -0.4 is 0 Å².